The molecule has 0 unspecified atom stereocenters. The van der Waals surface area contributed by atoms with E-state index in [1.165, 1.54) is 29.3 Å². The third-order valence-corrected chi connectivity index (χ3v) is 9.27. The van der Waals surface area contributed by atoms with Gasteiger partial charge in [-0.2, -0.15) is 9.97 Å². The predicted octanol–water partition coefficient (Wildman–Crippen LogP) is 6.39. The molecule has 0 saturated carbocycles. The molecule has 12 heteroatoms. The van der Waals surface area contributed by atoms with Crippen LogP contribution < -0.4 is 9.64 Å². The third kappa shape index (κ3) is 5.17. The highest BCUT2D eigenvalue weighted by Gasteiger charge is 2.49. The van der Waals surface area contributed by atoms with Crippen LogP contribution in [0.2, 0.25) is 0 Å². The average Bonchev–Trinajstić information content (AvgIpc) is 3.46. The van der Waals surface area contributed by atoms with Crippen molar-refractivity contribution in [2.45, 2.75) is 56.2 Å². The van der Waals surface area contributed by atoms with Crippen molar-refractivity contribution < 1.29 is 31.8 Å². The Morgan fingerprint density at radius 2 is 1.93 bits per heavy atom. The first kappa shape index (κ1) is 29.5. The SMILES string of the molecule is C#Cc1c(F)ccc2cc(O)cc(-c3ncc4c(N5CCCCC(F)(F)C5)nc(OC[C@@]56CCCN5C[C@H](F)C6)nc4c3F)c12. The Morgan fingerprint density at radius 3 is 2.76 bits per heavy atom. The van der Waals surface area contributed by atoms with Crippen LogP contribution in [-0.2, 0) is 0 Å². The predicted molar refractivity (Wildman–Crippen MR) is 159 cm³/mol. The highest BCUT2D eigenvalue weighted by Crippen LogP contribution is 2.42. The Kier molecular flexibility index (Phi) is 7.19. The van der Waals surface area contributed by atoms with Crippen molar-refractivity contribution in [3.05, 3.63) is 47.7 Å². The number of aromatic hydroxyl groups is 1. The second kappa shape index (κ2) is 11.0. The molecule has 4 aromatic rings. The number of phenols is 1. The second-order valence-corrected chi connectivity index (χ2v) is 12.3. The zero-order valence-electron chi connectivity index (χ0n) is 24.3. The van der Waals surface area contributed by atoms with E-state index in [1.807, 2.05) is 4.90 Å². The van der Waals surface area contributed by atoms with Gasteiger partial charge in [-0.3, -0.25) is 9.88 Å². The number of ether oxygens (including phenoxy) is 1. The lowest BCUT2D eigenvalue weighted by atomic mass is 9.95. The van der Waals surface area contributed by atoms with Crippen LogP contribution in [0.3, 0.4) is 0 Å². The lowest BCUT2D eigenvalue weighted by Gasteiger charge is -2.31. The largest absolute Gasteiger partial charge is 0.508 e. The van der Waals surface area contributed by atoms with E-state index in [0.29, 0.717) is 31.2 Å². The average molecular weight is 624 g/mol. The van der Waals surface area contributed by atoms with E-state index < -0.39 is 35.8 Å². The summed E-state index contributed by atoms with van der Waals surface area (Å²) in [5.41, 5.74) is -1.18. The number of pyridine rings is 1. The summed E-state index contributed by atoms with van der Waals surface area (Å²) >= 11 is 0. The molecule has 3 aliphatic rings. The zero-order valence-corrected chi connectivity index (χ0v) is 24.3. The minimum Gasteiger partial charge on any atom is -0.508 e. The van der Waals surface area contributed by atoms with Gasteiger partial charge in [0.05, 0.1) is 23.0 Å². The van der Waals surface area contributed by atoms with Gasteiger partial charge in [0.1, 0.15) is 41.4 Å². The lowest BCUT2D eigenvalue weighted by Crippen LogP contribution is -2.43. The Hall–Kier alpha value is -4.24. The quantitative estimate of drug-likeness (QED) is 0.204. The molecule has 0 spiro atoms. The third-order valence-electron chi connectivity index (χ3n) is 9.27. The summed E-state index contributed by atoms with van der Waals surface area (Å²) in [5, 5.41) is 11.1. The fourth-order valence-corrected chi connectivity index (χ4v) is 7.22. The van der Waals surface area contributed by atoms with Gasteiger partial charge in [-0.1, -0.05) is 12.0 Å². The standard InChI is InChI=1S/C33H30F5N5O2/c1-2-22-25(35)7-6-19-12-21(44)13-23(26(19)22)28-27(36)29-24(15-39-28)30(42-10-4-3-9-33(37,38)17-42)41-31(40-29)45-18-32-8-5-11-43(32)16-20(34)14-32/h1,6-7,12-13,15,20,44H,3-5,8-11,14,16-18H2/t20-,32+/m1/s1. The van der Waals surface area contributed by atoms with Gasteiger partial charge in [-0.05, 0) is 55.8 Å². The second-order valence-electron chi connectivity index (χ2n) is 12.3. The Balaban J connectivity index is 1.39. The van der Waals surface area contributed by atoms with E-state index in [-0.39, 0.29) is 76.7 Å². The van der Waals surface area contributed by atoms with Crippen LogP contribution in [0.25, 0.3) is 32.9 Å². The van der Waals surface area contributed by atoms with Crippen LogP contribution in [0, 0.1) is 24.0 Å². The summed E-state index contributed by atoms with van der Waals surface area (Å²) in [6.07, 6.45) is 8.28. The number of nitrogens with zero attached hydrogens (tertiary/aromatic N) is 5. The Bertz CT molecular complexity index is 1860. The molecule has 5 heterocycles. The van der Waals surface area contributed by atoms with Gasteiger partial charge in [0, 0.05) is 43.1 Å². The fourth-order valence-electron chi connectivity index (χ4n) is 7.22. The summed E-state index contributed by atoms with van der Waals surface area (Å²) < 4.78 is 81.4. The molecule has 3 fully saturated rings. The van der Waals surface area contributed by atoms with E-state index in [4.69, 9.17) is 11.2 Å². The van der Waals surface area contributed by atoms with E-state index in [0.717, 1.165) is 19.0 Å². The number of rotatable bonds is 5. The van der Waals surface area contributed by atoms with Crippen LogP contribution in [0.4, 0.5) is 27.8 Å². The van der Waals surface area contributed by atoms with Gasteiger partial charge in [0.25, 0.3) is 5.92 Å². The number of halogens is 5. The molecular formula is C33H30F5N5O2. The molecule has 1 N–H and O–H groups in total. The van der Waals surface area contributed by atoms with Gasteiger partial charge < -0.3 is 14.7 Å². The minimum atomic E-state index is -3.00. The van der Waals surface area contributed by atoms with E-state index in [1.54, 1.807) is 0 Å². The number of hydrogen-bond donors (Lipinski definition) is 1. The summed E-state index contributed by atoms with van der Waals surface area (Å²) in [5.74, 6) is -2.54. The summed E-state index contributed by atoms with van der Waals surface area (Å²) in [6.45, 7) is 0.699. The normalized spacial score (nSPS) is 23.3. The molecule has 3 saturated heterocycles. The minimum absolute atomic E-state index is 0.0289. The molecule has 0 amide bonds. The monoisotopic (exact) mass is 623 g/mol. The molecule has 2 aromatic carbocycles. The van der Waals surface area contributed by atoms with Crippen LogP contribution in [0.15, 0.2) is 30.5 Å². The molecule has 2 atom stereocenters. The van der Waals surface area contributed by atoms with Crippen LogP contribution >= 0.6 is 0 Å². The number of benzene rings is 2. The molecule has 7 nitrogen and oxygen atoms in total. The topological polar surface area (TPSA) is 74.6 Å². The maximum Gasteiger partial charge on any atom is 0.319 e. The molecule has 2 aromatic heterocycles. The van der Waals surface area contributed by atoms with Crippen molar-refractivity contribution in [3.8, 4) is 35.4 Å². The molecular weight excluding hydrogens is 593 g/mol. The Labute approximate surface area is 256 Å². The van der Waals surface area contributed by atoms with E-state index >= 15 is 4.39 Å². The van der Waals surface area contributed by atoms with Crippen LogP contribution in [-0.4, -0.2) is 75.4 Å². The number of anilines is 1. The van der Waals surface area contributed by atoms with Crippen molar-refractivity contribution in [2.24, 2.45) is 0 Å². The van der Waals surface area contributed by atoms with Crippen molar-refractivity contribution in [2.75, 3.05) is 37.7 Å². The summed E-state index contributed by atoms with van der Waals surface area (Å²) in [6, 6.07) is 4.94. The van der Waals surface area contributed by atoms with E-state index in [9.17, 15) is 22.7 Å². The number of alkyl halides is 3. The molecule has 0 radical (unpaired) electrons. The molecule has 3 aliphatic heterocycles. The van der Waals surface area contributed by atoms with Crippen molar-refractivity contribution in [1.82, 2.24) is 19.9 Å². The van der Waals surface area contributed by atoms with Gasteiger partial charge in [0.2, 0.25) is 0 Å². The number of fused-ring (bicyclic) bond motifs is 3. The zero-order chi connectivity index (χ0) is 31.5. The number of aromatic nitrogens is 3. The van der Waals surface area contributed by atoms with Crippen molar-refractivity contribution >= 4 is 27.5 Å². The van der Waals surface area contributed by atoms with Gasteiger partial charge in [-0.15, -0.1) is 6.42 Å². The van der Waals surface area contributed by atoms with Gasteiger partial charge in [0.15, 0.2) is 5.82 Å². The lowest BCUT2D eigenvalue weighted by molar-refractivity contribution is 0.00337. The summed E-state index contributed by atoms with van der Waals surface area (Å²) in [7, 11) is 0. The highest BCUT2D eigenvalue weighted by atomic mass is 19.3. The van der Waals surface area contributed by atoms with Gasteiger partial charge >= 0.3 is 6.01 Å². The molecule has 0 aliphatic carbocycles. The number of hydrogen-bond acceptors (Lipinski definition) is 7. The first-order chi connectivity index (χ1) is 21.6. The smallest absolute Gasteiger partial charge is 0.319 e. The first-order valence-electron chi connectivity index (χ1n) is 15.0. The maximum absolute atomic E-state index is 16.7. The molecule has 0 bridgehead atoms. The highest BCUT2D eigenvalue weighted by molar-refractivity contribution is 6.03. The molecule has 45 heavy (non-hydrogen) atoms. The fraction of sp³-hybridized carbons (Fsp3) is 0.424. The van der Waals surface area contributed by atoms with Crippen molar-refractivity contribution in [1.29, 1.82) is 0 Å². The maximum atomic E-state index is 16.7. The molecule has 234 valence electrons. The van der Waals surface area contributed by atoms with Gasteiger partial charge in [-0.25, -0.2) is 22.0 Å². The van der Waals surface area contributed by atoms with Crippen LogP contribution in [0.5, 0.6) is 11.8 Å². The molecule has 7 rings (SSSR count). The summed E-state index contributed by atoms with van der Waals surface area (Å²) in [4.78, 5) is 16.6. The number of phenolic OH excluding ortho intramolecular Hbond substituents is 1. The van der Waals surface area contributed by atoms with E-state index in [2.05, 4.69) is 20.9 Å². The van der Waals surface area contributed by atoms with Crippen LogP contribution in [0.1, 0.15) is 44.1 Å². The van der Waals surface area contributed by atoms with Crippen molar-refractivity contribution in [3.63, 3.8) is 0 Å². The number of terminal acetylenes is 1. The Morgan fingerprint density at radius 1 is 1.09 bits per heavy atom. The first-order valence-corrected chi connectivity index (χ1v) is 15.0.